The van der Waals surface area contributed by atoms with Crippen LogP contribution in [0.1, 0.15) is 51.4 Å². The molecule has 0 rings (SSSR count). The predicted octanol–water partition coefficient (Wildman–Crippen LogP) is -4.91. The lowest BCUT2D eigenvalue weighted by molar-refractivity contribution is -0.142. The molecule has 0 aromatic carbocycles. The molecule has 4 atom stereocenters. The van der Waals surface area contributed by atoms with Gasteiger partial charge in [0.1, 0.15) is 18.1 Å². The summed E-state index contributed by atoms with van der Waals surface area (Å²) in [6.45, 7) is 0.198. The van der Waals surface area contributed by atoms with Crippen molar-refractivity contribution in [1.82, 2.24) is 16.0 Å². The number of nitrogens with two attached hydrogens (primary N) is 6. The minimum Gasteiger partial charge on any atom is -0.481 e. The molecule has 0 heterocycles. The molecule has 0 spiro atoms. The number of amides is 4. The third-order valence-corrected chi connectivity index (χ3v) is 5.46. The van der Waals surface area contributed by atoms with Gasteiger partial charge in [-0.2, -0.15) is 0 Å². The number of carboxylic acids is 2. The second-order valence-corrected chi connectivity index (χ2v) is 8.96. The summed E-state index contributed by atoms with van der Waals surface area (Å²) in [5, 5.41) is 25.7. The molecule has 0 aromatic heterocycles. The predicted molar refractivity (Wildman–Crippen MR) is 147 cm³/mol. The highest BCUT2D eigenvalue weighted by Crippen LogP contribution is 2.06. The average Bonchev–Trinajstić information content (AvgIpc) is 2.87. The number of rotatable bonds is 21. The van der Waals surface area contributed by atoms with Gasteiger partial charge in [0, 0.05) is 25.9 Å². The van der Waals surface area contributed by atoms with Crippen molar-refractivity contribution >= 4 is 47.5 Å². The van der Waals surface area contributed by atoms with Gasteiger partial charge in [-0.25, -0.2) is 4.79 Å². The monoisotopic (exact) mass is 587 g/mol. The molecule has 0 aromatic rings. The van der Waals surface area contributed by atoms with Gasteiger partial charge in [0.25, 0.3) is 0 Å². The van der Waals surface area contributed by atoms with Gasteiger partial charge in [0.05, 0.1) is 6.04 Å². The molecular formula is C22H41N11O8. The van der Waals surface area contributed by atoms with Crippen LogP contribution in [0.15, 0.2) is 9.98 Å². The lowest BCUT2D eigenvalue weighted by atomic mass is 10.1. The highest BCUT2D eigenvalue weighted by atomic mass is 16.4. The molecule has 19 nitrogen and oxygen atoms in total. The molecule has 0 bridgehead atoms. The lowest BCUT2D eigenvalue weighted by Gasteiger charge is -2.25. The van der Waals surface area contributed by atoms with E-state index in [2.05, 4.69) is 25.9 Å². The molecule has 232 valence electrons. The van der Waals surface area contributed by atoms with Crippen LogP contribution in [-0.2, 0) is 28.8 Å². The number of aliphatic carboxylic acids is 2. The van der Waals surface area contributed by atoms with E-state index in [1.807, 2.05) is 0 Å². The van der Waals surface area contributed by atoms with Crippen LogP contribution < -0.4 is 50.4 Å². The van der Waals surface area contributed by atoms with E-state index in [1.165, 1.54) is 0 Å². The summed E-state index contributed by atoms with van der Waals surface area (Å²) in [4.78, 5) is 80.0. The van der Waals surface area contributed by atoms with E-state index >= 15 is 0 Å². The first-order chi connectivity index (χ1) is 19.1. The fourth-order valence-corrected chi connectivity index (χ4v) is 3.32. The van der Waals surface area contributed by atoms with E-state index in [-0.39, 0.29) is 70.0 Å². The summed E-state index contributed by atoms with van der Waals surface area (Å²) in [6.07, 6.45) is -0.884. The summed E-state index contributed by atoms with van der Waals surface area (Å²) in [5.41, 5.74) is 31.9. The summed E-state index contributed by atoms with van der Waals surface area (Å²) in [6, 6.07) is -5.32. The first-order valence-electron chi connectivity index (χ1n) is 12.6. The Balaban J connectivity index is 5.72. The minimum atomic E-state index is -1.43. The summed E-state index contributed by atoms with van der Waals surface area (Å²) in [5.74, 6) is -6.32. The quantitative estimate of drug-likeness (QED) is 0.0341. The second kappa shape index (κ2) is 19.4. The van der Waals surface area contributed by atoms with Crippen LogP contribution >= 0.6 is 0 Å². The second-order valence-electron chi connectivity index (χ2n) is 8.96. The molecule has 0 saturated carbocycles. The van der Waals surface area contributed by atoms with Crippen molar-refractivity contribution in [3.8, 4) is 0 Å². The zero-order chi connectivity index (χ0) is 31.5. The van der Waals surface area contributed by atoms with Crippen molar-refractivity contribution in [3.05, 3.63) is 0 Å². The number of nitrogens with one attached hydrogen (secondary N) is 3. The van der Waals surface area contributed by atoms with Crippen LogP contribution in [0.25, 0.3) is 0 Å². The van der Waals surface area contributed by atoms with Gasteiger partial charge in [-0.05, 0) is 38.5 Å². The average molecular weight is 588 g/mol. The Kier molecular flexibility index (Phi) is 17.2. The van der Waals surface area contributed by atoms with Gasteiger partial charge in [0.15, 0.2) is 11.9 Å². The molecule has 0 saturated heterocycles. The van der Waals surface area contributed by atoms with Crippen molar-refractivity contribution in [2.45, 2.75) is 75.5 Å². The highest BCUT2D eigenvalue weighted by molar-refractivity contribution is 5.94. The molecular weight excluding hydrogens is 546 g/mol. The fraction of sp³-hybridized carbons (Fsp3) is 0.636. The number of primary amides is 1. The van der Waals surface area contributed by atoms with Gasteiger partial charge in [-0.1, -0.05) is 0 Å². The van der Waals surface area contributed by atoms with Crippen LogP contribution in [-0.4, -0.2) is 95.0 Å². The van der Waals surface area contributed by atoms with Crippen LogP contribution in [0.4, 0.5) is 0 Å². The maximum Gasteiger partial charge on any atom is 0.326 e. The zero-order valence-electron chi connectivity index (χ0n) is 22.6. The zero-order valence-corrected chi connectivity index (χ0v) is 22.6. The Labute approximate surface area is 235 Å². The van der Waals surface area contributed by atoms with E-state index in [0.717, 1.165) is 0 Å². The standard InChI is InChI=1S/C22H41N11O8/c23-11(5-7-15(24)34)17(37)31-13(6-8-16(35)36)19(39)32-12(3-1-9-29-21(25)26)18(38)33-14(20(40)41)4-2-10-30-22(27)28/h11-14H,1-10,23H2,(H2,24,34)(H,31,37)(H,32,39)(H,33,38)(H,35,36)(H,40,41)(H4,25,26,29)(H4,27,28,30). The maximum absolute atomic E-state index is 13.1. The van der Waals surface area contributed by atoms with E-state index in [0.29, 0.717) is 0 Å². The number of guanidine groups is 2. The molecule has 0 aliphatic heterocycles. The SMILES string of the molecule is NC(=O)CCC(N)C(=O)NC(CCC(=O)O)C(=O)NC(CCCN=C(N)N)C(=O)NC(CCCN=C(N)N)C(=O)O. The highest BCUT2D eigenvalue weighted by Gasteiger charge is 2.30. The van der Waals surface area contributed by atoms with Crippen LogP contribution in [0.3, 0.4) is 0 Å². The Morgan fingerprint density at radius 1 is 0.610 bits per heavy atom. The number of carbonyl (C=O) groups is 6. The van der Waals surface area contributed by atoms with E-state index in [4.69, 9.17) is 39.5 Å². The number of carbonyl (C=O) groups excluding carboxylic acids is 4. The summed E-state index contributed by atoms with van der Waals surface area (Å²) < 4.78 is 0. The van der Waals surface area contributed by atoms with Gasteiger partial charge >= 0.3 is 11.9 Å². The Bertz CT molecular complexity index is 981. The first kappa shape index (κ1) is 36.3. The van der Waals surface area contributed by atoms with Crippen molar-refractivity contribution in [1.29, 1.82) is 0 Å². The van der Waals surface area contributed by atoms with Crippen molar-refractivity contribution in [2.24, 2.45) is 44.4 Å². The largest absolute Gasteiger partial charge is 0.481 e. The number of hydrogen-bond acceptors (Lipinski definition) is 9. The van der Waals surface area contributed by atoms with Crippen LogP contribution in [0, 0.1) is 0 Å². The number of hydrogen-bond donors (Lipinski definition) is 11. The summed E-state index contributed by atoms with van der Waals surface area (Å²) in [7, 11) is 0. The van der Waals surface area contributed by atoms with Gasteiger partial charge in [-0.3, -0.25) is 34.0 Å². The van der Waals surface area contributed by atoms with Gasteiger partial charge < -0.3 is 60.6 Å². The maximum atomic E-state index is 13.1. The van der Waals surface area contributed by atoms with Crippen molar-refractivity contribution < 1.29 is 39.0 Å². The van der Waals surface area contributed by atoms with Gasteiger partial charge in [-0.15, -0.1) is 0 Å². The Morgan fingerprint density at radius 2 is 1.05 bits per heavy atom. The van der Waals surface area contributed by atoms with Crippen LogP contribution in [0.5, 0.6) is 0 Å². The molecule has 17 N–H and O–H groups in total. The molecule has 0 aliphatic rings. The molecule has 41 heavy (non-hydrogen) atoms. The number of aliphatic imine (C=N–C) groups is 2. The topological polar surface area (TPSA) is 360 Å². The van der Waals surface area contributed by atoms with Crippen LogP contribution in [0.2, 0.25) is 0 Å². The van der Waals surface area contributed by atoms with E-state index < -0.39 is 66.2 Å². The fourth-order valence-electron chi connectivity index (χ4n) is 3.32. The van der Waals surface area contributed by atoms with E-state index in [9.17, 15) is 33.9 Å². The number of carboxylic acid groups (broad SMARTS) is 2. The lowest BCUT2D eigenvalue weighted by Crippen LogP contribution is -2.57. The number of nitrogens with zero attached hydrogens (tertiary/aromatic N) is 2. The van der Waals surface area contributed by atoms with Crippen molar-refractivity contribution in [2.75, 3.05) is 13.1 Å². The van der Waals surface area contributed by atoms with E-state index in [1.54, 1.807) is 0 Å². The summed E-state index contributed by atoms with van der Waals surface area (Å²) >= 11 is 0. The molecule has 0 aliphatic carbocycles. The Morgan fingerprint density at radius 3 is 1.49 bits per heavy atom. The smallest absolute Gasteiger partial charge is 0.326 e. The Hall–Kier alpha value is -4.68. The molecule has 4 unspecified atom stereocenters. The molecule has 0 radical (unpaired) electrons. The molecule has 19 heteroatoms. The minimum absolute atomic E-state index is 0.0347. The third-order valence-electron chi connectivity index (χ3n) is 5.46. The first-order valence-corrected chi connectivity index (χ1v) is 12.6. The van der Waals surface area contributed by atoms with Gasteiger partial charge in [0.2, 0.25) is 23.6 Å². The normalized spacial score (nSPS) is 13.4. The molecule has 4 amide bonds. The third kappa shape index (κ3) is 17.5. The molecule has 0 fully saturated rings. The van der Waals surface area contributed by atoms with Crippen molar-refractivity contribution in [3.63, 3.8) is 0 Å².